The van der Waals surface area contributed by atoms with Gasteiger partial charge in [-0.3, -0.25) is 48.4 Å². The lowest BCUT2D eigenvalue weighted by atomic mass is 9.92. The number of ketones is 1. The van der Waals surface area contributed by atoms with E-state index in [2.05, 4.69) is 15.6 Å². The van der Waals surface area contributed by atoms with Crippen LogP contribution in [0.3, 0.4) is 0 Å². The van der Waals surface area contributed by atoms with Gasteiger partial charge < -0.3 is 39.8 Å². The van der Waals surface area contributed by atoms with Crippen molar-refractivity contribution in [3.63, 3.8) is 0 Å². The fourth-order valence-corrected chi connectivity index (χ4v) is 10.2. The van der Waals surface area contributed by atoms with Crippen molar-refractivity contribution in [1.82, 2.24) is 20.0 Å². The molecule has 0 radical (unpaired) electrons. The average molecular weight is 1090 g/mol. The normalized spacial score (nSPS) is 17.7. The number of rotatable bonds is 23. The van der Waals surface area contributed by atoms with E-state index < -0.39 is 17.9 Å². The SMILES string of the molecule is COc1cc2c(cc1OCCCOc1cc3c(cc1C)C(=O)N1C=C(c4ccc(C(=O)O)cc4)C[C@H]1C=N3)N=C[C@@H]1CC(c3ccc(NC(=O)C(C)CC(=O)C(NC(=O)CCCCCN4C(=O)C=CC4=O)C(C)C)cc3)=CN1C2=O. The number of carboxylic acids is 1. The number of aromatic carboxylic acids is 1. The molecule has 80 heavy (non-hydrogen) atoms. The third kappa shape index (κ3) is 12.5. The standard InChI is InChI=1S/C61H63N7O12/c1-35(2)57(65-54(70)10-7-6-8-21-66-55(71)19-20-56(66)72)50(69)25-37(4)58(73)64-43-17-15-39(16-18-43)42-27-45-32-63-49-30-53(52(78-5)28-47(49)60(75)68(45)34-42)80-23-9-22-79-51-29-48-46(24-36(51)3)59(74)67-33-41(26-44(67)31-62-48)38-11-13-40(14-12-38)61(76)77/h11-20,24,28-35,37,44-45,57H,6-10,21-23,25-27H2,1-5H3,(H,64,73)(H,65,70)(H,76,77)/t37?,44-,45-,57?/m0/s1. The van der Waals surface area contributed by atoms with Gasteiger partial charge in [0.15, 0.2) is 17.3 Å². The predicted octanol–water partition coefficient (Wildman–Crippen LogP) is 8.65. The Morgan fingerprint density at radius 3 is 1.84 bits per heavy atom. The summed E-state index contributed by atoms with van der Waals surface area (Å²) >= 11 is 0. The Bertz CT molecular complexity index is 3290. The van der Waals surface area contributed by atoms with E-state index in [4.69, 9.17) is 19.2 Å². The van der Waals surface area contributed by atoms with Gasteiger partial charge in [0.2, 0.25) is 11.8 Å². The van der Waals surface area contributed by atoms with E-state index in [0.717, 1.165) is 27.8 Å². The van der Waals surface area contributed by atoms with Crippen molar-refractivity contribution < 1.29 is 57.7 Å². The van der Waals surface area contributed by atoms with Crippen molar-refractivity contribution in [2.24, 2.45) is 21.8 Å². The van der Waals surface area contributed by atoms with Crippen molar-refractivity contribution in [2.75, 3.05) is 32.2 Å². The van der Waals surface area contributed by atoms with Crippen molar-refractivity contribution in [3.8, 4) is 17.2 Å². The highest BCUT2D eigenvalue weighted by atomic mass is 16.5. The van der Waals surface area contributed by atoms with Crippen LogP contribution in [0, 0.1) is 18.8 Å². The van der Waals surface area contributed by atoms with E-state index in [1.807, 2.05) is 45.3 Å². The number of nitrogens with zero attached hydrogens (tertiary/aromatic N) is 5. The zero-order chi connectivity index (χ0) is 56.8. The number of aryl methyl sites for hydroxylation is 1. The maximum absolute atomic E-state index is 14.1. The minimum absolute atomic E-state index is 0.0710. The number of carboxylic acid groups (broad SMARTS) is 1. The molecule has 0 spiro atoms. The smallest absolute Gasteiger partial charge is 0.335 e. The molecule has 19 heteroatoms. The Kier molecular flexibility index (Phi) is 17.0. The maximum Gasteiger partial charge on any atom is 0.335 e. The number of benzene rings is 4. The van der Waals surface area contributed by atoms with E-state index in [1.54, 1.807) is 89.8 Å². The predicted molar refractivity (Wildman–Crippen MR) is 300 cm³/mol. The molecule has 0 aliphatic carbocycles. The van der Waals surface area contributed by atoms with Crippen LogP contribution in [0.5, 0.6) is 17.2 Å². The van der Waals surface area contributed by atoms with E-state index >= 15 is 0 Å². The highest BCUT2D eigenvalue weighted by molar-refractivity contribution is 6.13. The van der Waals surface area contributed by atoms with Gasteiger partial charge in [-0.2, -0.15) is 0 Å². The molecule has 4 atom stereocenters. The van der Waals surface area contributed by atoms with Gasteiger partial charge >= 0.3 is 5.97 Å². The molecular weight excluding hydrogens is 1020 g/mol. The zero-order valence-corrected chi connectivity index (χ0v) is 45.2. The lowest BCUT2D eigenvalue weighted by Gasteiger charge is -2.23. The fourth-order valence-electron chi connectivity index (χ4n) is 10.2. The first-order valence-corrected chi connectivity index (χ1v) is 26.8. The molecule has 0 aromatic heterocycles. The first-order chi connectivity index (χ1) is 38.5. The third-order valence-corrected chi connectivity index (χ3v) is 14.7. The van der Waals surface area contributed by atoms with Crippen molar-refractivity contribution in [1.29, 1.82) is 0 Å². The Balaban J connectivity index is 0.733. The van der Waals surface area contributed by atoms with Crippen LogP contribution in [-0.4, -0.2) is 124 Å². The van der Waals surface area contributed by atoms with Gasteiger partial charge in [0, 0.05) is 99.4 Å². The highest BCUT2D eigenvalue weighted by Gasteiger charge is 2.36. The molecule has 3 N–H and O–H groups in total. The van der Waals surface area contributed by atoms with Crippen LogP contribution in [-0.2, 0) is 24.0 Å². The lowest BCUT2D eigenvalue weighted by molar-refractivity contribution is -0.137. The quantitative estimate of drug-likeness (QED) is 0.0467. The lowest BCUT2D eigenvalue weighted by Crippen LogP contribution is -2.45. The second kappa shape index (κ2) is 24.3. The van der Waals surface area contributed by atoms with Crippen LogP contribution in [0.1, 0.15) is 120 Å². The zero-order valence-electron chi connectivity index (χ0n) is 45.2. The van der Waals surface area contributed by atoms with Crippen LogP contribution in [0.4, 0.5) is 17.1 Å². The van der Waals surface area contributed by atoms with Gasteiger partial charge in [0.05, 0.1) is 66.5 Å². The van der Waals surface area contributed by atoms with E-state index in [9.17, 15) is 43.5 Å². The van der Waals surface area contributed by atoms with Crippen LogP contribution in [0.2, 0.25) is 0 Å². The summed E-state index contributed by atoms with van der Waals surface area (Å²) in [5.74, 6) is -2.47. The number of aliphatic imine (C=N–C) groups is 2. The number of carbonyl (C=O) groups is 8. The Hall–Kier alpha value is -9.00. The molecule has 2 unspecified atom stereocenters. The van der Waals surface area contributed by atoms with Gasteiger partial charge in [-0.05, 0) is 89.9 Å². The molecule has 4 aromatic rings. The number of imide groups is 1. The third-order valence-electron chi connectivity index (χ3n) is 14.7. The molecule has 5 heterocycles. The van der Waals surface area contributed by atoms with E-state index in [-0.39, 0.29) is 84.2 Å². The number of fused-ring (bicyclic) bond motifs is 4. The Morgan fingerprint density at radius 1 is 0.700 bits per heavy atom. The van der Waals surface area contributed by atoms with E-state index in [0.29, 0.717) is 97.1 Å². The van der Waals surface area contributed by atoms with Crippen LogP contribution in [0.15, 0.2) is 107 Å². The van der Waals surface area contributed by atoms with Crippen LogP contribution in [0.25, 0.3) is 11.1 Å². The molecule has 19 nitrogen and oxygen atoms in total. The number of anilines is 1. The molecule has 9 rings (SSSR count). The summed E-state index contributed by atoms with van der Waals surface area (Å²) in [6.07, 6.45) is 13.0. The van der Waals surface area contributed by atoms with E-state index in [1.165, 1.54) is 24.2 Å². The average Bonchev–Trinajstić information content (AvgIpc) is 4.13. The second-order valence-corrected chi connectivity index (χ2v) is 20.8. The topological polar surface area (TPSA) is 243 Å². The summed E-state index contributed by atoms with van der Waals surface area (Å²) in [4.78, 5) is 116. The number of Topliss-reactive ketones (excluding diaryl/α,β-unsaturated/α-hetero) is 1. The summed E-state index contributed by atoms with van der Waals surface area (Å²) in [7, 11) is 1.50. The minimum Gasteiger partial charge on any atom is -0.493 e. The molecule has 5 aliphatic rings. The first kappa shape index (κ1) is 55.7. The number of hydrogen-bond acceptors (Lipinski definition) is 13. The summed E-state index contributed by atoms with van der Waals surface area (Å²) < 4.78 is 18.0. The summed E-state index contributed by atoms with van der Waals surface area (Å²) in [6.45, 7) is 8.07. The van der Waals surface area contributed by atoms with Gasteiger partial charge in [-0.1, -0.05) is 51.5 Å². The molecule has 0 saturated carbocycles. The molecule has 414 valence electrons. The summed E-state index contributed by atoms with van der Waals surface area (Å²) in [5, 5.41) is 15.0. The number of amides is 6. The maximum atomic E-state index is 14.1. The number of nitrogens with one attached hydrogen (secondary N) is 2. The number of hydrogen-bond donors (Lipinski definition) is 3. The fraction of sp³-hybridized carbons (Fsp3) is 0.344. The van der Waals surface area contributed by atoms with Crippen molar-refractivity contribution in [2.45, 2.75) is 97.2 Å². The molecule has 5 aliphatic heterocycles. The second-order valence-electron chi connectivity index (χ2n) is 20.8. The Morgan fingerprint density at radius 2 is 1.26 bits per heavy atom. The summed E-state index contributed by atoms with van der Waals surface area (Å²) in [5.41, 5.74) is 6.77. The van der Waals surface area contributed by atoms with Gasteiger partial charge in [-0.15, -0.1) is 0 Å². The number of carbonyl (C=O) groups excluding carboxylic acids is 7. The van der Waals surface area contributed by atoms with Gasteiger partial charge in [0.25, 0.3) is 23.6 Å². The molecular formula is C61H63N7O12. The van der Waals surface area contributed by atoms with Crippen LogP contribution < -0.4 is 24.8 Å². The molecule has 0 saturated heterocycles. The first-order valence-electron chi connectivity index (χ1n) is 26.8. The number of methoxy groups -OCH3 is 1. The molecule has 0 bridgehead atoms. The van der Waals surface area contributed by atoms with Gasteiger partial charge in [0.1, 0.15) is 5.75 Å². The van der Waals surface area contributed by atoms with Gasteiger partial charge in [-0.25, -0.2) is 4.79 Å². The monoisotopic (exact) mass is 1090 g/mol. The molecule has 0 fully saturated rings. The van der Waals surface area contributed by atoms with Crippen molar-refractivity contribution in [3.05, 3.63) is 131 Å². The number of ether oxygens (including phenoxy) is 3. The molecule has 4 aromatic carbocycles. The number of unbranched alkanes of at least 4 members (excludes halogenated alkanes) is 2. The largest absolute Gasteiger partial charge is 0.493 e. The van der Waals surface area contributed by atoms with Crippen molar-refractivity contribution >= 4 is 87.8 Å². The Labute approximate surface area is 463 Å². The minimum atomic E-state index is -1.000. The highest BCUT2D eigenvalue weighted by Crippen LogP contribution is 2.41. The summed E-state index contributed by atoms with van der Waals surface area (Å²) in [6, 6.07) is 19.4. The van der Waals surface area contributed by atoms with Crippen LogP contribution >= 0.6 is 0 Å². The molecule has 6 amide bonds.